The molecule has 0 aliphatic heterocycles. The van der Waals surface area contributed by atoms with Gasteiger partial charge in [0.05, 0.1) is 4.90 Å². The molecule has 0 bridgehead atoms. The van der Waals surface area contributed by atoms with Gasteiger partial charge in [0, 0.05) is 15.7 Å². The van der Waals surface area contributed by atoms with Crippen LogP contribution in [-0.2, 0) is 20.2 Å². The number of carbonyl (C=O) groups excluding carboxylic acids is 2. The number of benzene rings is 3. The van der Waals surface area contributed by atoms with E-state index in [1.807, 2.05) is 24.3 Å². The van der Waals surface area contributed by atoms with Gasteiger partial charge < -0.3 is 10.6 Å². The summed E-state index contributed by atoms with van der Waals surface area (Å²) in [5.74, 6) is -1.01. The summed E-state index contributed by atoms with van der Waals surface area (Å²) < 4.78 is 23.8. The molecule has 35 heavy (non-hydrogen) atoms. The van der Waals surface area contributed by atoms with Gasteiger partial charge in [0.25, 0.3) is 11.8 Å². The summed E-state index contributed by atoms with van der Waals surface area (Å²) in [6.45, 7) is 6.25. The smallest absolute Gasteiger partial charge is 0.272 e. The summed E-state index contributed by atoms with van der Waals surface area (Å²) in [4.78, 5) is 25.9. The summed E-state index contributed by atoms with van der Waals surface area (Å²) in [7, 11) is -3.85. The first-order chi connectivity index (χ1) is 16.3. The fourth-order valence-corrected chi connectivity index (χ4v) is 3.91. The van der Waals surface area contributed by atoms with E-state index in [1.165, 1.54) is 24.3 Å². The first-order valence-corrected chi connectivity index (χ1v) is 13.0. The maximum Gasteiger partial charge on any atom is 0.272 e. The van der Waals surface area contributed by atoms with Crippen LogP contribution in [0.2, 0.25) is 0 Å². The summed E-state index contributed by atoms with van der Waals surface area (Å²) in [5, 5.41) is 10.5. The molecule has 0 spiro atoms. The molecule has 3 rings (SSSR count). The molecule has 0 aliphatic carbocycles. The first-order valence-electron chi connectivity index (χ1n) is 10.7. The number of amides is 2. The van der Waals surface area contributed by atoms with Crippen LogP contribution < -0.4 is 15.8 Å². The van der Waals surface area contributed by atoms with Gasteiger partial charge in [-0.1, -0.05) is 61.0 Å². The van der Waals surface area contributed by atoms with Crippen LogP contribution >= 0.6 is 15.9 Å². The van der Waals surface area contributed by atoms with Crippen LogP contribution in [0.1, 0.15) is 42.3 Å². The van der Waals surface area contributed by atoms with Crippen LogP contribution in [0.15, 0.2) is 87.9 Å². The Hall–Kier alpha value is -3.27. The van der Waals surface area contributed by atoms with E-state index >= 15 is 0 Å². The van der Waals surface area contributed by atoms with Crippen molar-refractivity contribution in [3.63, 3.8) is 0 Å². The first kappa shape index (κ1) is 26.3. The number of hydrogen-bond acceptors (Lipinski definition) is 4. The van der Waals surface area contributed by atoms with Crippen LogP contribution in [0.5, 0.6) is 0 Å². The fourth-order valence-electron chi connectivity index (χ4n) is 3.13. The van der Waals surface area contributed by atoms with Gasteiger partial charge in [-0.2, -0.15) is 0 Å². The van der Waals surface area contributed by atoms with E-state index in [-0.39, 0.29) is 16.0 Å². The Bertz CT molecular complexity index is 1360. The maximum atomic E-state index is 13.1. The Labute approximate surface area is 213 Å². The van der Waals surface area contributed by atoms with Crippen LogP contribution in [-0.4, -0.2) is 20.2 Å². The lowest BCUT2D eigenvalue weighted by Crippen LogP contribution is -2.30. The molecule has 7 nitrogen and oxygen atoms in total. The third kappa shape index (κ3) is 7.35. The van der Waals surface area contributed by atoms with Crippen molar-refractivity contribution in [3.8, 4) is 0 Å². The normalized spacial score (nSPS) is 12.2. The lowest BCUT2D eigenvalue weighted by atomic mass is 9.87. The summed E-state index contributed by atoms with van der Waals surface area (Å²) in [6.07, 6.45) is 1.56. The summed E-state index contributed by atoms with van der Waals surface area (Å²) >= 11 is 3.37. The molecular formula is C26H26BrN3O4S. The van der Waals surface area contributed by atoms with Crippen LogP contribution in [0.25, 0.3) is 6.08 Å². The van der Waals surface area contributed by atoms with E-state index in [2.05, 4.69) is 47.3 Å². The molecule has 0 unspecified atom stereocenters. The summed E-state index contributed by atoms with van der Waals surface area (Å²) in [5.41, 5.74) is 2.50. The minimum Gasteiger partial charge on any atom is -0.321 e. The van der Waals surface area contributed by atoms with Crippen molar-refractivity contribution >= 4 is 49.5 Å². The second-order valence-electron chi connectivity index (χ2n) is 8.91. The average molecular weight is 556 g/mol. The maximum absolute atomic E-state index is 13.1. The minimum atomic E-state index is -3.85. The topological polar surface area (TPSA) is 118 Å². The zero-order chi connectivity index (χ0) is 25.8. The van der Waals surface area contributed by atoms with Crippen LogP contribution in [0, 0.1) is 0 Å². The number of primary sulfonamides is 1. The van der Waals surface area contributed by atoms with Gasteiger partial charge in [-0.25, -0.2) is 13.6 Å². The highest BCUT2D eigenvalue weighted by Gasteiger charge is 2.18. The second-order valence-corrected chi connectivity index (χ2v) is 11.4. The van der Waals surface area contributed by atoms with Crippen molar-refractivity contribution in [1.82, 2.24) is 5.32 Å². The van der Waals surface area contributed by atoms with Gasteiger partial charge in [0.15, 0.2) is 0 Å². The predicted molar refractivity (Wildman–Crippen MR) is 141 cm³/mol. The minimum absolute atomic E-state index is 0.0211. The van der Waals surface area contributed by atoms with Gasteiger partial charge in [-0.3, -0.25) is 9.59 Å². The van der Waals surface area contributed by atoms with Crippen molar-refractivity contribution in [1.29, 1.82) is 0 Å². The van der Waals surface area contributed by atoms with Crippen molar-refractivity contribution in [2.75, 3.05) is 5.32 Å². The molecule has 3 aromatic carbocycles. The number of sulfonamides is 1. The Kier molecular flexibility index (Phi) is 7.94. The average Bonchev–Trinajstić information content (AvgIpc) is 2.79. The molecule has 0 fully saturated rings. The van der Waals surface area contributed by atoms with E-state index in [0.717, 1.165) is 10.0 Å². The Morgan fingerprint density at radius 3 is 1.97 bits per heavy atom. The van der Waals surface area contributed by atoms with E-state index in [1.54, 1.807) is 30.3 Å². The van der Waals surface area contributed by atoms with Gasteiger partial charge in [-0.05, 0) is 71.1 Å². The fraction of sp³-hybridized carbons (Fsp3) is 0.154. The molecule has 4 N–H and O–H groups in total. The third-order valence-electron chi connectivity index (χ3n) is 5.13. The number of rotatable bonds is 6. The van der Waals surface area contributed by atoms with E-state index < -0.39 is 21.8 Å². The zero-order valence-corrected chi connectivity index (χ0v) is 21.9. The molecule has 0 atom stereocenters. The lowest BCUT2D eigenvalue weighted by molar-refractivity contribution is -0.113. The van der Waals surface area contributed by atoms with Crippen molar-refractivity contribution < 1.29 is 18.0 Å². The molecule has 3 aromatic rings. The third-order valence-corrected chi connectivity index (χ3v) is 6.59. The van der Waals surface area contributed by atoms with Crippen molar-refractivity contribution in [2.45, 2.75) is 31.1 Å². The zero-order valence-electron chi connectivity index (χ0n) is 19.5. The SMILES string of the molecule is CC(C)(C)c1ccc(C(=O)NC(=Cc2ccc(Br)cc2)C(=O)Nc2ccc(S(N)(=O)=O)cc2)cc1. The quantitative estimate of drug-likeness (QED) is 0.378. The van der Waals surface area contributed by atoms with E-state index in [4.69, 9.17) is 5.14 Å². The molecule has 0 radical (unpaired) electrons. The number of nitrogens with one attached hydrogen (secondary N) is 2. The molecule has 2 amide bonds. The van der Waals surface area contributed by atoms with Gasteiger partial charge in [0.1, 0.15) is 5.70 Å². The van der Waals surface area contributed by atoms with Crippen molar-refractivity contribution in [2.24, 2.45) is 5.14 Å². The second kappa shape index (κ2) is 10.6. The van der Waals surface area contributed by atoms with E-state index in [0.29, 0.717) is 16.8 Å². The molecule has 182 valence electrons. The van der Waals surface area contributed by atoms with Crippen LogP contribution in [0.3, 0.4) is 0 Å². The highest BCUT2D eigenvalue weighted by atomic mass is 79.9. The number of hydrogen-bond donors (Lipinski definition) is 3. The molecular weight excluding hydrogens is 530 g/mol. The monoisotopic (exact) mass is 555 g/mol. The van der Waals surface area contributed by atoms with Gasteiger partial charge in [-0.15, -0.1) is 0 Å². The highest BCUT2D eigenvalue weighted by molar-refractivity contribution is 9.10. The number of carbonyl (C=O) groups is 2. The highest BCUT2D eigenvalue weighted by Crippen LogP contribution is 2.22. The molecule has 0 aliphatic rings. The molecule has 0 heterocycles. The van der Waals surface area contributed by atoms with Gasteiger partial charge >= 0.3 is 0 Å². The van der Waals surface area contributed by atoms with Crippen LogP contribution in [0.4, 0.5) is 5.69 Å². The summed E-state index contributed by atoms with van der Waals surface area (Å²) in [6, 6.07) is 19.9. The Balaban J connectivity index is 1.87. The Morgan fingerprint density at radius 2 is 1.46 bits per heavy atom. The standard InChI is InChI=1S/C26H26BrN3O4S/c1-26(2,3)19-8-6-18(7-9-19)24(31)30-23(16-17-4-10-20(27)11-5-17)25(32)29-21-12-14-22(15-13-21)35(28,33)34/h4-16H,1-3H3,(H,29,32)(H,30,31)(H2,28,33,34). The number of anilines is 1. The molecule has 9 heteroatoms. The Morgan fingerprint density at radius 1 is 0.886 bits per heavy atom. The molecule has 0 saturated heterocycles. The molecule has 0 saturated carbocycles. The van der Waals surface area contributed by atoms with E-state index in [9.17, 15) is 18.0 Å². The predicted octanol–water partition coefficient (Wildman–Crippen LogP) is 4.80. The number of halogens is 1. The molecule has 0 aromatic heterocycles. The largest absolute Gasteiger partial charge is 0.321 e. The number of nitrogens with two attached hydrogens (primary N) is 1. The van der Waals surface area contributed by atoms with Crippen molar-refractivity contribution in [3.05, 3.63) is 99.7 Å². The van der Waals surface area contributed by atoms with Gasteiger partial charge in [0.2, 0.25) is 10.0 Å². The lowest BCUT2D eigenvalue weighted by Gasteiger charge is -2.19.